The number of hydrogen-bond acceptors (Lipinski definition) is 3. The maximum atomic E-state index is 12.7. The number of hydrogen-bond donors (Lipinski definition) is 2. The molecule has 0 radical (unpaired) electrons. The van der Waals surface area contributed by atoms with Crippen LogP contribution in [0.2, 0.25) is 0 Å². The Hall–Kier alpha value is -0.870. The molecule has 10 heteroatoms. The lowest BCUT2D eigenvalue weighted by Crippen LogP contribution is -2.41. The highest BCUT2D eigenvalue weighted by Gasteiger charge is 2.41. The molecule has 0 saturated heterocycles. The fraction of sp³-hybridized carbons (Fsp3) is 0.333. The van der Waals surface area contributed by atoms with Crippen molar-refractivity contribution in [3.63, 3.8) is 0 Å². The van der Waals surface area contributed by atoms with Crippen molar-refractivity contribution in [2.45, 2.75) is 17.2 Å². The van der Waals surface area contributed by atoms with E-state index in [0.717, 1.165) is 6.07 Å². The quantitative estimate of drug-likeness (QED) is 0.621. The molecular weight excluding hydrogens is 356 g/mol. The normalized spacial score (nSPS) is 12.9. The van der Waals surface area contributed by atoms with Crippen LogP contribution in [0, 0.1) is 0 Å². The largest absolute Gasteiger partial charge is 0.399 e. The van der Waals surface area contributed by atoms with E-state index in [9.17, 15) is 26.0 Å². The van der Waals surface area contributed by atoms with E-state index in [0.29, 0.717) is 0 Å². The summed E-state index contributed by atoms with van der Waals surface area (Å²) in [6.07, 6.45) is -3.96. The van der Waals surface area contributed by atoms with Crippen molar-refractivity contribution in [1.82, 2.24) is 4.72 Å². The van der Waals surface area contributed by atoms with Crippen molar-refractivity contribution < 1.29 is 26.0 Å². The van der Waals surface area contributed by atoms with Crippen molar-refractivity contribution in [3.8, 4) is 0 Å². The van der Waals surface area contributed by atoms with Gasteiger partial charge in [0.25, 0.3) is 0 Å². The predicted molar refractivity (Wildman–Crippen MR) is 64.7 cm³/mol. The zero-order valence-corrected chi connectivity index (χ0v) is 11.6. The van der Waals surface area contributed by atoms with Crippen LogP contribution in [-0.4, -0.2) is 27.3 Å². The number of nitrogens with one attached hydrogen (secondary N) is 1. The Morgan fingerprint density at radius 3 is 2.47 bits per heavy atom. The van der Waals surface area contributed by atoms with E-state index in [1.807, 2.05) is 0 Å². The molecule has 0 aliphatic heterocycles. The predicted octanol–water partition coefficient (Wildman–Crippen LogP) is 2.21. The van der Waals surface area contributed by atoms with E-state index in [1.165, 1.54) is 16.9 Å². The molecule has 0 spiro atoms. The summed E-state index contributed by atoms with van der Waals surface area (Å²) in [5.41, 5.74) is 5.46. The minimum atomic E-state index is -4.44. The molecule has 0 aliphatic carbocycles. The van der Waals surface area contributed by atoms with Gasteiger partial charge in [0.1, 0.15) is 0 Å². The van der Waals surface area contributed by atoms with E-state index < -0.39 is 33.8 Å². The van der Waals surface area contributed by atoms with E-state index in [-0.39, 0.29) is 10.2 Å². The van der Waals surface area contributed by atoms with E-state index >= 15 is 0 Å². The lowest BCUT2D eigenvalue weighted by Gasteiger charge is -2.16. The Morgan fingerprint density at radius 2 is 1.95 bits per heavy atom. The molecule has 1 aromatic rings. The van der Waals surface area contributed by atoms with Crippen LogP contribution in [0.1, 0.15) is 0 Å². The number of rotatable bonds is 5. The van der Waals surface area contributed by atoms with Gasteiger partial charge in [-0.05, 0) is 34.1 Å². The number of benzene rings is 1. The van der Waals surface area contributed by atoms with Gasteiger partial charge in [0.05, 0.1) is 11.4 Å². The van der Waals surface area contributed by atoms with Gasteiger partial charge in [-0.3, -0.25) is 0 Å². The van der Waals surface area contributed by atoms with Crippen molar-refractivity contribution in [3.05, 3.63) is 22.7 Å². The molecule has 0 amide bonds. The Kier molecular flexibility index (Phi) is 4.80. The zero-order chi connectivity index (χ0) is 14.8. The highest BCUT2D eigenvalue weighted by atomic mass is 79.9. The molecule has 0 atom stereocenters. The van der Waals surface area contributed by atoms with E-state index in [1.54, 1.807) is 0 Å². The third kappa shape index (κ3) is 4.05. The fourth-order valence-electron chi connectivity index (χ4n) is 1.07. The third-order valence-corrected chi connectivity index (χ3v) is 4.46. The summed E-state index contributed by atoms with van der Waals surface area (Å²) < 4.78 is 74.1. The first-order valence-corrected chi connectivity index (χ1v) is 7.04. The second-order valence-corrected chi connectivity index (χ2v) is 6.17. The summed E-state index contributed by atoms with van der Waals surface area (Å²) in [4.78, 5) is -0.405. The first-order chi connectivity index (χ1) is 8.56. The van der Waals surface area contributed by atoms with Gasteiger partial charge in [0, 0.05) is 10.2 Å². The van der Waals surface area contributed by atoms with Crippen molar-refractivity contribution in [1.29, 1.82) is 0 Å². The second-order valence-electron chi connectivity index (χ2n) is 3.58. The number of alkyl halides is 4. The molecule has 0 aliphatic rings. The van der Waals surface area contributed by atoms with Gasteiger partial charge < -0.3 is 5.73 Å². The van der Waals surface area contributed by atoms with Gasteiger partial charge in [-0.15, -0.1) is 0 Å². The van der Waals surface area contributed by atoms with Crippen LogP contribution in [0.5, 0.6) is 0 Å². The number of anilines is 1. The van der Waals surface area contributed by atoms with Gasteiger partial charge >= 0.3 is 12.3 Å². The SMILES string of the molecule is Nc1ccc(Br)c(S(=O)(=O)NCC(F)(F)C(F)F)c1. The highest BCUT2D eigenvalue weighted by molar-refractivity contribution is 9.10. The first-order valence-electron chi connectivity index (χ1n) is 4.77. The Balaban J connectivity index is 2.97. The van der Waals surface area contributed by atoms with Crippen LogP contribution in [0.3, 0.4) is 0 Å². The van der Waals surface area contributed by atoms with Crippen LogP contribution < -0.4 is 10.5 Å². The Labute approximate surface area is 115 Å². The van der Waals surface area contributed by atoms with Crippen molar-refractivity contribution in [2.24, 2.45) is 0 Å². The standard InChI is InChI=1S/C9H9BrF4N2O2S/c10-6-2-1-5(15)3-7(6)19(17,18)16-4-9(13,14)8(11)12/h1-3,8,16H,4,15H2. The maximum Gasteiger partial charge on any atom is 0.320 e. The molecule has 3 N–H and O–H groups in total. The van der Waals surface area contributed by atoms with Gasteiger partial charge in [-0.1, -0.05) is 0 Å². The molecule has 108 valence electrons. The molecular formula is C9H9BrF4N2O2S. The first kappa shape index (κ1) is 16.2. The van der Waals surface area contributed by atoms with Crippen LogP contribution in [0.4, 0.5) is 23.2 Å². The highest BCUT2D eigenvalue weighted by Crippen LogP contribution is 2.26. The topological polar surface area (TPSA) is 72.2 Å². The minimum absolute atomic E-state index is 0.0783. The Morgan fingerprint density at radius 1 is 1.37 bits per heavy atom. The Bertz CT molecular complexity index is 565. The minimum Gasteiger partial charge on any atom is -0.399 e. The van der Waals surface area contributed by atoms with Crippen LogP contribution in [0.15, 0.2) is 27.6 Å². The summed E-state index contributed by atoms with van der Waals surface area (Å²) in [5.74, 6) is -4.44. The molecule has 0 bridgehead atoms. The molecule has 1 aromatic carbocycles. The van der Waals surface area contributed by atoms with Gasteiger partial charge in [0.2, 0.25) is 10.0 Å². The van der Waals surface area contributed by atoms with Crippen LogP contribution in [-0.2, 0) is 10.0 Å². The number of nitrogens with two attached hydrogens (primary N) is 1. The molecule has 19 heavy (non-hydrogen) atoms. The maximum absolute atomic E-state index is 12.7. The molecule has 4 nitrogen and oxygen atoms in total. The molecule has 1 rings (SSSR count). The monoisotopic (exact) mass is 364 g/mol. The van der Waals surface area contributed by atoms with Crippen LogP contribution >= 0.6 is 15.9 Å². The van der Waals surface area contributed by atoms with E-state index in [2.05, 4.69) is 15.9 Å². The lowest BCUT2D eigenvalue weighted by atomic mass is 10.3. The van der Waals surface area contributed by atoms with Crippen molar-refractivity contribution >= 4 is 31.6 Å². The number of nitrogen functional groups attached to an aromatic ring is 1. The zero-order valence-electron chi connectivity index (χ0n) is 9.21. The number of halogens is 5. The summed E-state index contributed by atoms with van der Waals surface area (Å²) >= 11 is 2.91. The average molecular weight is 365 g/mol. The smallest absolute Gasteiger partial charge is 0.320 e. The van der Waals surface area contributed by atoms with Gasteiger partial charge in [-0.2, -0.15) is 8.78 Å². The van der Waals surface area contributed by atoms with E-state index in [4.69, 9.17) is 5.73 Å². The lowest BCUT2D eigenvalue weighted by molar-refractivity contribution is -0.122. The summed E-state index contributed by atoms with van der Waals surface area (Å²) in [6.45, 7) is -1.70. The van der Waals surface area contributed by atoms with Gasteiger partial charge in [0.15, 0.2) is 0 Å². The summed E-state index contributed by atoms with van der Waals surface area (Å²) in [6, 6.07) is 3.71. The van der Waals surface area contributed by atoms with Gasteiger partial charge in [-0.25, -0.2) is 21.9 Å². The average Bonchev–Trinajstić information content (AvgIpc) is 2.30. The number of sulfonamides is 1. The summed E-state index contributed by atoms with van der Waals surface area (Å²) in [5, 5.41) is 0. The molecule has 0 saturated carbocycles. The molecule has 0 aromatic heterocycles. The molecule has 0 heterocycles. The van der Waals surface area contributed by atoms with Crippen molar-refractivity contribution in [2.75, 3.05) is 12.3 Å². The summed E-state index contributed by atoms with van der Waals surface area (Å²) in [7, 11) is -4.37. The third-order valence-electron chi connectivity index (χ3n) is 2.06. The second kappa shape index (κ2) is 5.63. The molecule has 0 fully saturated rings. The fourth-order valence-corrected chi connectivity index (χ4v) is 3.11. The molecule has 0 unspecified atom stereocenters. The van der Waals surface area contributed by atoms with Crippen LogP contribution in [0.25, 0.3) is 0 Å².